The van der Waals surface area contributed by atoms with Gasteiger partial charge in [-0.2, -0.15) is 0 Å². The maximum atomic E-state index is 13.5. The van der Waals surface area contributed by atoms with Gasteiger partial charge in [0.2, 0.25) is 11.8 Å². The van der Waals surface area contributed by atoms with Crippen LogP contribution in [-0.2, 0) is 19.1 Å². The third-order valence-corrected chi connectivity index (χ3v) is 8.30. The molecule has 3 rings (SSSR count). The molecule has 8 heteroatoms. The summed E-state index contributed by atoms with van der Waals surface area (Å²) in [6.07, 6.45) is 4.97. The molecule has 3 fully saturated rings. The van der Waals surface area contributed by atoms with Gasteiger partial charge in [0.05, 0.1) is 23.2 Å². The van der Waals surface area contributed by atoms with Crippen molar-refractivity contribution >= 4 is 29.5 Å². The van der Waals surface area contributed by atoms with Gasteiger partial charge in [0.1, 0.15) is 6.04 Å². The number of aliphatic hydroxyl groups excluding tert-OH is 1. The van der Waals surface area contributed by atoms with E-state index in [1.807, 2.05) is 13.8 Å². The summed E-state index contributed by atoms with van der Waals surface area (Å²) in [6, 6.07) is -0.543. The molecule has 7 nitrogen and oxygen atoms in total. The Bertz CT molecular complexity index is 643. The number of rotatable bonds is 10. The summed E-state index contributed by atoms with van der Waals surface area (Å²) in [5.41, 5.74) is 0. The van der Waals surface area contributed by atoms with Gasteiger partial charge in [-0.05, 0) is 46.5 Å². The molecule has 5 atom stereocenters. The van der Waals surface area contributed by atoms with Crippen LogP contribution in [0.3, 0.4) is 0 Å². The number of esters is 1. The minimum absolute atomic E-state index is 0.0103. The third-order valence-electron chi connectivity index (χ3n) is 6.35. The molecule has 0 aromatic heterocycles. The molecule has 0 aliphatic carbocycles. The average molecular weight is 427 g/mol. The predicted molar refractivity (Wildman–Crippen MR) is 111 cm³/mol. The van der Waals surface area contributed by atoms with E-state index < -0.39 is 22.6 Å². The van der Waals surface area contributed by atoms with Crippen molar-refractivity contribution in [3.05, 3.63) is 0 Å². The SMILES string of the molecule is CCOC(=O)[C@@H]1[C@@H]2CCC3(S2)C(C(=O)NC(C)C)N(CCCCCCO)C(=O)[C@H]13. The molecular formula is C21H34N2O5S. The van der Waals surface area contributed by atoms with E-state index in [9.17, 15) is 14.4 Å². The van der Waals surface area contributed by atoms with Gasteiger partial charge in [-0.25, -0.2) is 0 Å². The molecule has 3 aliphatic rings. The zero-order valence-corrected chi connectivity index (χ0v) is 18.5. The van der Waals surface area contributed by atoms with Crippen molar-refractivity contribution in [1.29, 1.82) is 0 Å². The van der Waals surface area contributed by atoms with Crippen LogP contribution in [-0.4, -0.2) is 69.6 Å². The normalized spacial score (nSPS) is 32.7. The molecule has 0 aromatic carbocycles. The minimum atomic E-state index is -0.533. The average Bonchev–Trinajstić information content (AvgIpc) is 3.29. The van der Waals surface area contributed by atoms with Crippen LogP contribution in [0.2, 0.25) is 0 Å². The molecule has 3 saturated heterocycles. The Morgan fingerprint density at radius 2 is 2.03 bits per heavy atom. The molecule has 0 aromatic rings. The van der Waals surface area contributed by atoms with Crippen LogP contribution in [0.25, 0.3) is 0 Å². The third kappa shape index (κ3) is 4.02. The lowest BCUT2D eigenvalue weighted by molar-refractivity contribution is -0.153. The quantitative estimate of drug-likeness (QED) is 0.408. The van der Waals surface area contributed by atoms with Crippen LogP contribution < -0.4 is 5.32 Å². The van der Waals surface area contributed by atoms with E-state index in [4.69, 9.17) is 9.84 Å². The molecule has 0 saturated carbocycles. The van der Waals surface area contributed by atoms with E-state index in [0.29, 0.717) is 13.2 Å². The lowest BCUT2D eigenvalue weighted by atomic mass is 9.71. The van der Waals surface area contributed by atoms with E-state index >= 15 is 0 Å². The first-order valence-corrected chi connectivity index (χ1v) is 11.8. The number of ether oxygens (including phenoxy) is 1. The first-order valence-electron chi connectivity index (χ1n) is 10.9. The zero-order valence-electron chi connectivity index (χ0n) is 17.7. The van der Waals surface area contributed by atoms with E-state index in [2.05, 4.69) is 5.32 Å². The monoisotopic (exact) mass is 426 g/mol. The van der Waals surface area contributed by atoms with Gasteiger partial charge >= 0.3 is 5.97 Å². The number of nitrogens with zero attached hydrogens (tertiary/aromatic N) is 1. The molecule has 2 unspecified atom stereocenters. The van der Waals surface area contributed by atoms with Crippen LogP contribution >= 0.6 is 11.8 Å². The van der Waals surface area contributed by atoms with Crippen molar-refractivity contribution in [1.82, 2.24) is 10.2 Å². The number of likely N-dealkylation sites (tertiary alicyclic amines) is 1. The Morgan fingerprint density at radius 3 is 2.69 bits per heavy atom. The highest BCUT2D eigenvalue weighted by Gasteiger charge is 2.73. The molecule has 2 bridgehead atoms. The molecular weight excluding hydrogens is 392 g/mol. The Kier molecular flexibility index (Phi) is 7.14. The number of nitrogens with one attached hydrogen (secondary N) is 1. The first-order chi connectivity index (χ1) is 13.9. The summed E-state index contributed by atoms with van der Waals surface area (Å²) in [4.78, 5) is 41.1. The maximum absolute atomic E-state index is 13.5. The van der Waals surface area contributed by atoms with Crippen molar-refractivity contribution in [3.8, 4) is 0 Å². The fourth-order valence-corrected chi connectivity index (χ4v) is 7.52. The molecule has 2 amide bonds. The summed E-state index contributed by atoms with van der Waals surface area (Å²) in [7, 11) is 0. The van der Waals surface area contributed by atoms with Crippen LogP contribution in [0, 0.1) is 11.8 Å². The van der Waals surface area contributed by atoms with Crippen LogP contribution in [0.4, 0.5) is 0 Å². The highest BCUT2D eigenvalue weighted by molar-refractivity contribution is 8.02. The highest BCUT2D eigenvalue weighted by atomic mass is 32.2. The second-order valence-corrected chi connectivity index (χ2v) is 10.2. The van der Waals surface area contributed by atoms with E-state index in [1.165, 1.54) is 0 Å². The topological polar surface area (TPSA) is 95.9 Å². The summed E-state index contributed by atoms with van der Waals surface area (Å²) in [5, 5.41) is 12.0. The van der Waals surface area contributed by atoms with Crippen molar-refractivity contribution in [2.45, 2.75) is 81.4 Å². The van der Waals surface area contributed by atoms with Crippen molar-refractivity contribution in [2.24, 2.45) is 11.8 Å². The molecule has 3 heterocycles. The number of carbonyl (C=O) groups is 3. The molecule has 1 spiro atoms. The van der Waals surface area contributed by atoms with Crippen molar-refractivity contribution < 1.29 is 24.2 Å². The van der Waals surface area contributed by atoms with Gasteiger partial charge in [0.15, 0.2) is 0 Å². The van der Waals surface area contributed by atoms with Gasteiger partial charge in [0, 0.05) is 24.4 Å². The molecule has 164 valence electrons. The van der Waals surface area contributed by atoms with E-state index in [1.54, 1.807) is 23.6 Å². The van der Waals surface area contributed by atoms with Gasteiger partial charge < -0.3 is 20.1 Å². The number of thioether (sulfide) groups is 1. The fourth-order valence-electron chi connectivity index (χ4n) is 5.31. The second-order valence-electron chi connectivity index (χ2n) is 8.64. The van der Waals surface area contributed by atoms with Gasteiger partial charge in [-0.1, -0.05) is 12.8 Å². The molecule has 29 heavy (non-hydrogen) atoms. The van der Waals surface area contributed by atoms with Crippen LogP contribution in [0.15, 0.2) is 0 Å². The Hall–Kier alpha value is -1.28. The second kappa shape index (κ2) is 9.25. The van der Waals surface area contributed by atoms with Gasteiger partial charge in [0.25, 0.3) is 0 Å². The lowest BCUT2D eigenvalue weighted by Crippen LogP contribution is -2.54. The van der Waals surface area contributed by atoms with Crippen LogP contribution in [0.1, 0.15) is 59.3 Å². The number of hydrogen-bond donors (Lipinski definition) is 2. The maximum Gasteiger partial charge on any atom is 0.310 e. The summed E-state index contributed by atoms with van der Waals surface area (Å²) < 4.78 is 4.78. The van der Waals surface area contributed by atoms with Gasteiger partial charge in [-0.15, -0.1) is 11.8 Å². The zero-order chi connectivity index (χ0) is 21.2. The summed E-state index contributed by atoms with van der Waals surface area (Å²) in [5.74, 6) is -1.38. The highest BCUT2D eigenvalue weighted by Crippen LogP contribution is 2.66. The summed E-state index contributed by atoms with van der Waals surface area (Å²) >= 11 is 1.67. The summed E-state index contributed by atoms with van der Waals surface area (Å²) in [6.45, 7) is 6.61. The smallest absolute Gasteiger partial charge is 0.310 e. The fraction of sp³-hybridized carbons (Fsp3) is 0.857. The number of fused-ring (bicyclic) bond motifs is 1. The molecule has 3 aliphatic heterocycles. The first kappa shape index (κ1) is 22.4. The lowest BCUT2D eigenvalue weighted by Gasteiger charge is -2.34. The van der Waals surface area contributed by atoms with Crippen molar-refractivity contribution in [3.63, 3.8) is 0 Å². The van der Waals surface area contributed by atoms with Gasteiger partial charge in [-0.3, -0.25) is 14.4 Å². The number of unbranched alkanes of at least 4 members (excludes halogenated alkanes) is 3. The van der Waals surface area contributed by atoms with Crippen molar-refractivity contribution in [2.75, 3.05) is 19.8 Å². The Balaban J connectivity index is 1.85. The number of carbonyl (C=O) groups excluding carboxylic acids is 3. The number of amides is 2. The number of aliphatic hydroxyl groups is 1. The minimum Gasteiger partial charge on any atom is -0.466 e. The number of hydrogen-bond acceptors (Lipinski definition) is 6. The Labute approximate surface area is 177 Å². The van der Waals surface area contributed by atoms with E-state index in [0.717, 1.165) is 38.5 Å². The Morgan fingerprint density at radius 1 is 1.31 bits per heavy atom. The standard InChI is InChI=1S/C21H34N2O5S/c1-4-28-20(27)15-14-9-10-21(29-14)16(15)19(26)23(11-7-5-6-8-12-24)17(21)18(25)22-13(2)3/h13-17,24H,4-12H2,1-3H3,(H,22,25)/t14-,15+,16-,17?,21?/m0/s1. The predicted octanol–water partition coefficient (Wildman–Crippen LogP) is 1.72. The van der Waals surface area contributed by atoms with E-state index in [-0.39, 0.29) is 35.7 Å². The largest absolute Gasteiger partial charge is 0.466 e. The molecule has 2 N–H and O–H groups in total. The molecule has 0 radical (unpaired) electrons. The van der Waals surface area contributed by atoms with Crippen LogP contribution in [0.5, 0.6) is 0 Å².